The van der Waals surface area contributed by atoms with Crippen LogP contribution in [-0.2, 0) is 9.53 Å². The number of amides is 1. The highest BCUT2D eigenvalue weighted by molar-refractivity contribution is 5.78. The molecule has 0 aromatic carbocycles. The van der Waals surface area contributed by atoms with Crippen molar-refractivity contribution in [2.75, 3.05) is 26.2 Å². The molecule has 1 aliphatic rings. The van der Waals surface area contributed by atoms with E-state index in [0.717, 1.165) is 6.54 Å². The van der Waals surface area contributed by atoms with Gasteiger partial charge >= 0.3 is 0 Å². The summed E-state index contributed by atoms with van der Waals surface area (Å²) in [6, 6.07) is 0. The van der Waals surface area contributed by atoms with Crippen LogP contribution in [0.4, 0.5) is 0 Å². The van der Waals surface area contributed by atoms with Gasteiger partial charge in [-0.3, -0.25) is 4.79 Å². The van der Waals surface area contributed by atoms with Crippen molar-refractivity contribution in [3.63, 3.8) is 0 Å². The van der Waals surface area contributed by atoms with Crippen LogP contribution in [0.5, 0.6) is 0 Å². The topological polar surface area (TPSA) is 55.6 Å². The first kappa shape index (κ1) is 12.5. The van der Waals surface area contributed by atoms with E-state index in [4.69, 9.17) is 10.5 Å². The number of ether oxygens (including phenoxy) is 1. The van der Waals surface area contributed by atoms with Crippen LogP contribution in [0.2, 0.25) is 0 Å². The van der Waals surface area contributed by atoms with Gasteiger partial charge in [-0.25, -0.2) is 0 Å². The average Bonchev–Trinajstić information content (AvgIpc) is 2.09. The Bertz CT molecular complexity index is 247. The maximum Gasteiger partial charge on any atom is 0.248 e. The number of nitrogens with zero attached hydrogens (tertiary/aromatic N) is 1. The second-order valence-corrected chi connectivity index (χ2v) is 5.75. The molecule has 0 radical (unpaired) electrons. The zero-order chi connectivity index (χ0) is 11.7. The predicted molar refractivity (Wildman–Crippen MR) is 59.4 cm³/mol. The molecule has 0 aromatic rings. The van der Waals surface area contributed by atoms with Gasteiger partial charge < -0.3 is 15.4 Å². The smallest absolute Gasteiger partial charge is 0.248 e. The Morgan fingerprint density at radius 1 is 1.53 bits per heavy atom. The summed E-state index contributed by atoms with van der Waals surface area (Å²) in [4.78, 5) is 13.5. The molecule has 1 rings (SSSR count). The summed E-state index contributed by atoms with van der Waals surface area (Å²) in [7, 11) is 0. The molecule has 1 atom stereocenters. The molecular formula is C11H22N2O2. The minimum absolute atomic E-state index is 0.0656. The maximum atomic E-state index is 11.6. The molecule has 0 spiro atoms. The standard InChI is InChI=1S/C11H22N2O2/c1-10(2,3)7-13-8-11(4,6-12)15-5-9(13)14/h5-8,12H2,1-4H3. The third-order valence-corrected chi connectivity index (χ3v) is 2.52. The van der Waals surface area contributed by atoms with Crippen molar-refractivity contribution in [3.05, 3.63) is 0 Å². The summed E-state index contributed by atoms with van der Waals surface area (Å²) in [6.45, 7) is 10.3. The minimum atomic E-state index is -0.376. The van der Waals surface area contributed by atoms with E-state index in [9.17, 15) is 4.79 Å². The number of hydrogen-bond acceptors (Lipinski definition) is 3. The number of carbonyl (C=O) groups excluding carboxylic acids is 1. The van der Waals surface area contributed by atoms with Crippen LogP contribution >= 0.6 is 0 Å². The monoisotopic (exact) mass is 214 g/mol. The summed E-state index contributed by atoms with van der Waals surface area (Å²) >= 11 is 0. The van der Waals surface area contributed by atoms with Crippen LogP contribution in [0, 0.1) is 5.41 Å². The quantitative estimate of drug-likeness (QED) is 0.732. The van der Waals surface area contributed by atoms with Crippen molar-refractivity contribution in [1.82, 2.24) is 4.90 Å². The van der Waals surface area contributed by atoms with E-state index in [1.165, 1.54) is 0 Å². The number of rotatable bonds is 2. The lowest BCUT2D eigenvalue weighted by Crippen LogP contribution is -2.57. The van der Waals surface area contributed by atoms with E-state index < -0.39 is 0 Å². The first-order valence-corrected chi connectivity index (χ1v) is 5.38. The molecule has 2 N–H and O–H groups in total. The molecule has 1 amide bonds. The molecule has 88 valence electrons. The number of nitrogens with two attached hydrogens (primary N) is 1. The van der Waals surface area contributed by atoms with Gasteiger partial charge in [0.15, 0.2) is 0 Å². The molecular weight excluding hydrogens is 192 g/mol. The van der Waals surface area contributed by atoms with E-state index in [0.29, 0.717) is 13.1 Å². The first-order valence-electron chi connectivity index (χ1n) is 5.38. The zero-order valence-electron chi connectivity index (χ0n) is 10.2. The van der Waals surface area contributed by atoms with Crippen molar-refractivity contribution in [1.29, 1.82) is 0 Å². The molecule has 0 aromatic heterocycles. The Kier molecular flexibility index (Phi) is 3.41. The molecule has 1 unspecified atom stereocenters. The normalized spacial score (nSPS) is 28.3. The van der Waals surface area contributed by atoms with E-state index in [2.05, 4.69) is 20.8 Å². The third-order valence-electron chi connectivity index (χ3n) is 2.52. The van der Waals surface area contributed by atoms with Crippen molar-refractivity contribution >= 4 is 5.91 Å². The van der Waals surface area contributed by atoms with Crippen molar-refractivity contribution < 1.29 is 9.53 Å². The van der Waals surface area contributed by atoms with E-state index in [1.54, 1.807) is 0 Å². The lowest BCUT2D eigenvalue weighted by Gasteiger charge is -2.41. The third kappa shape index (κ3) is 3.47. The fourth-order valence-electron chi connectivity index (χ4n) is 1.70. The first-order chi connectivity index (χ1) is 6.76. The van der Waals surface area contributed by atoms with Crippen molar-refractivity contribution in [2.24, 2.45) is 11.1 Å². The van der Waals surface area contributed by atoms with Crippen molar-refractivity contribution in [2.45, 2.75) is 33.3 Å². The molecule has 1 heterocycles. The van der Waals surface area contributed by atoms with Crippen LogP contribution < -0.4 is 5.73 Å². The van der Waals surface area contributed by atoms with Gasteiger partial charge in [-0.2, -0.15) is 0 Å². The second kappa shape index (κ2) is 4.10. The second-order valence-electron chi connectivity index (χ2n) is 5.75. The van der Waals surface area contributed by atoms with Gasteiger partial charge in [-0.15, -0.1) is 0 Å². The van der Waals surface area contributed by atoms with Gasteiger partial charge in [0.1, 0.15) is 6.61 Å². The van der Waals surface area contributed by atoms with Crippen LogP contribution in [-0.4, -0.2) is 42.6 Å². The molecule has 0 aliphatic carbocycles. The number of morpholine rings is 1. The van der Waals surface area contributed by atoms with E-state index in [1.807, 2.05) is 11.8 Å². The Morgan fingerprint density at radius 2 is 2.13 bits per heavy atom. The molecule has 0 bridgehead atoms. The van der Waals surface area contributed by atoms with Gasteiger partial charge in [-0.1, -0.05) is 20.8 Å². The van der Waals surface area contributed by atoms with Gasteiger partial charge in [-0.05, 0) is 12.3 Å². The lowest BCUT2D eigenvalue weighted by molar-refractivity contribution is -0.161. The van der Waals surface area contributed by atoms with Crippen LogP contribution in [0.3, 0.4) is 0 Å². The van der Waals surface area contributed by atoms with Gasteiger partial charge in [0, 0.05) is 13.1 Å². The number of hydrogen-bond donors (Lipinski definition) is 1. The lowest BCUT2D eigenvalue weighted by atomic mass is 9.94. The van der Waals surface area contributed by atoms with Gasteiger partial charge in [0.2, 0.25) is 5.91 Å². The molecule has 15 heavy (non-hydrogen) atoms. The summed E-state index contributed by atoms with van der Waals surface area (Å²) < 4.78 is 5.46. The maximum absolute atomic E-state index is 11.6. The minimum Gasteiger partial charge on any atom is -0.362 e. The molecule has 1 aliphatic heterocycles. The molecule has 0 saturated carbocycles. The zero-order valence-corrected chi connectivity index (χ0v) is 10.2. The van der Waals surface area contributed by atoms with Crippen LogP contribution in [0.1, 0.15) is 27.7 Å². The molecule has 4 nitrogen and oxygen atoms in total. The average molecular weight is 214 g/mol. The molecule has 4 heteroatoms. The molecule has 1 fully saturated rings. The Balaban J connectivity index is 2.66. The van der Waals surface area contributed by atoms with Gasteiger partial charge in [0.25, 0.3) is 0 Å². The van der Waals surface area contributed by atoms with E-state index in [-0.39, 0.29) is 23.5 Å². The molecule has 1 saturated heterocycles. The largest absolute Gasteiger partial charge is 0.362 e. The van der Waals surface area contributed by atoms with Gasteiger partial charge in [0.05, 0.1) is 12.1 Å². The fourth-order valence-corrected chi connectivity index (χ4v) is 1.70. The summed E-state index contributed by atoms with van der Waals surface area (Å²) in [5.41, 5.74) is 5.38. The number of carbonyl (C=O) groups is 1. The summed E-state index contributed by atoms with van der Waals surface area (Å²) in [5.74, 6) is 0.0656. The summed E-state index contributed by atoms with van der Waals surface area (Å²) in [6.07, 6.45) is 0. The highest BCUT2D eigenvalue weighted by Crippen LogP contribution is 2.22. The van der Waals surface area contributed by atoms with E-state index >= 15 is 0 Å². The highest BCUT2D eigenvalue weighted by atomic mass is 16.5. The Labute approximate surface area is 91.8 Å². The Hall–Kier alpha value is -0.610. The summed E-state index contributed by atoms with van der Waals surface area (Å²) in [5, 5.41) is 0. The highest BCUT2D eigenvalue weighted by Gasteiger charge is 2.36. The predicted octanol–water partition coefficient (Wildman–Crippen LogP) is 0.609. The van der Waals surface area contributed by atoms with Crippen LogP contribution in [0.25, 0.3) is 0 Å². The van der Waals surface area contributed by atoms with Crippen LogP contribution in [0.15, 0.2) is 0 Å². The fraction of sp³-hybridized carbons (Fsp3) is 0.909. The SMILES string of the molecule is CC(C)(C)CN1CC(C)(CN)OCC1=O. The van der Waals surface area contributed by atoms with Crippen molar-refractivity contribution in [3.8, 4) is 0 Å². The Morgan fingerprint density at radius 3 is 2.60 bits per heavy atom.